The predicted octanol–water partition coefficient (Wildman–Crippen LogP) is 2.64. The Bertz CT molecular complexity index is 727. The molecule has 126 valence electrons. The summed E-state index contributed by atoms with van der Waals surface area (Å²) in [4.78, 5) is 23.9. The van der Waals surface area contributed by atoms with E-state index < -0.39 is 35.3 Å². The summed E-state index contributed by atoms with van der Waals surface area (Å²) in [7, 11) is 0. The zero-order valence-corrected chi connectivity index (χ0v) is 12.8. The number of aliphatic hydroxyl groups is 1. The van der Waals surface area contributed by atoms with Gasteiger partial charge in [-0.2, -0.15) is 0 Å². The van der Waals surface area contributed by atoms with E-state index in [9.17, 15) is 18.4 Å². The molecule has 0 fully saturated rings. The Morgan fingerprint density at radius 2 is 1.71 bits per heavy atom. The van der Waals surface area contributed by atoms with Crippen LogP contribution in [0.25, 0.3) is 0 Å². The average molecular weight is 335 g/mol. The van der Waals surface area contributed by atoms with E-state index in [0.717, 1.165) is 12.1 Å². The molecule has 0 spiro atoms. The molecule has 24 heavy (non-hydrogen) atoms. The summed E-state index contributed by atoms with van der Waals surface area (Å²) >= 11 is 0. The number of hydrogen-bond donors (Lipinski definition) is 2. The van der Waals surface area contributed by atoms with Gasteiger partial charge in [0.05, 0.1) is 12.2 Å². The molecule has 2 aromatic carbocycles. The SMILES string of the molecule is C[C@H](OC(=O)c1ccc(CO)cc1)C(=O)Nc1c(F)cccc1F. The van der Waals surface area contributed by atoms with Gasteiger partial charge >= 0.3 is 5.97 Å². The van der Waals surface area contributed by atoms with Crippen molar-refractivity contribution in [2.75, 3.05) is 5.32 Å². The average Bonchev–Trinajstić information content (AvgIpc) is 2.58. The third kappa shape index (κ3) is 4.14. The van der Waals surface area contributed by atoms with E-state index >= 15 is 0 Å². The maximum atomic E-state index is 13.5. The van der Waals surface area contributed by atoms with Crippen LogP contribution in [-0.4, -0.2) is 23.1 Å². The lowest BCUT2D eigenvalue weighted by molar-refractivity contribution is -0.123. The van der Waals surface area contributed by atoms with Crippen LogP contribution in [0.1, 0.15) is 22.8 Å². The molecule has 0 unspecified atom stereocenters. The number of esters is 1. The molecule has 1 atom stereocenters. The first kappa shape index (κ1) is 17.6. The Morgan fingerprint density at radius 1 is 1.12 bits per heavy atom. The van der Waals surface area contributed by atoms with Gasteiger partial charge in [0.1, 0.15) is 17.3 Å². The number of rotatable bonds is 5. The molecule has 0 aliphatic carbocycles. The summed E-state index contributed by atoms with van der Waals surface area (Å²) in [5, 5.41) is 11.0. The zero-order valence-electron chi connectivity index (χ0n) is 12.8. The third-order valence-electron chi connectivity index (χ3n) is 3.24. The van der Waals surface area contributed by atoms with Crippen molar-refractivity contribution in [3.05, 3.63) is 65.2 Å². The number of aliphatic hydroxyl groups excluding tert-OH is 1. The molecule has 0 radical (unpaired) electrons. The van der Waals surface area contributed by atoms with Gasteiger partial charge in [-0.3, -0.25) is 4.79 Å². The molecule has 0 bridgehead atoms. The summed E-state index contributed by atoms with van der Waals surface area (Å²) in [5.41, 5.74) is 0.203. The number of benzene rings is 2. The van der Waals surface area contributed by atoms with Crippen molar-refractivity contribution in [3.63, 3.8) is 0 Å². The molecule has 2 aromatic rings. The van der Waals surface area contributed by atoms with Gasteiger partial charge in [-0.15, -0.1) is 0 Å². The number of para-hydroxylation sites is 1. The second kappa shape index (κ2) is 7.65. The summed E-state index contributed by atoms with van der Waals surface area (Å²) in [6.45, 7) is 1.12. The van der Waals surface area contributed by atoms with Crippen LogP contribution < -0.4 is 5.32 Å². The van der Waals surface area contributed by atoms with Gasteiger partial charge in [-0.05, 0) is 36.8 Å². The second-order valence-corrected chi connectivity index (χ2v) is 4.99. The fourth-order valence-corrected chi connectivity index (χ4v) is 1.87. The first-order valence-corrected chi connectivity index (χ1v) is 7.08. The van der Waals surface area contributed by atoms with Gasteiger partial charge in [0, 0.05) is 0 Å². The van der Waals surface area contributed by atoms with Crippen LogP contribution in [-0.2, 0) is 16.1 Å². The minimum Gasteiger partial charge on any atom is -0.449 e. The first-order valence-electron chi connectivity index (χ1n) is 7.08. The smallest absolute Gasteiger partial charge is 0.338 e. The number of ether oxygens (including phenoxy) is 1. The van der Waals surface area contributed by atoms with Crippen molar-refractivity contribution >= 4 is 17.6 Å². The van der Waals surface area contributed by atoms with Crippen LogP contribution in [0.15, 0.2) is 42.5 Å². The van der Waals surface area contributed by atoms with E-state index in [4.69, 9.17) is 9.84 Å². The molecule has 2 N–H and O–H groups in total. The second-order valence-electron chi connectivity index (χ2n) is 4.99. The zero-order chi connectivity index (χ0) is 17.7. The summed E-state index contributed by atoms with van der Waals surface area (Å²) in [6.07, 6.45) is -1.26. The highest BCUT2D eigenvalue weighted by Gasteiger charge is 2.21. The van der Waals surface area contributed by atoms with Crippen molar-refractivity contribution in [1.29, 1.82) is 0 Å². The lowest BCUT2D eigenvalue weighted by atomic mass is 10.1. The fourth-order valence-electron chi connectivity index (χ4n) is 1.87. The normalized spacial score (nSPS) is 11.7. The number of anilines is 1. The maximum Gasteiger partial charge on any atom is 0.338 e. The number of carbonyl (C=O) groups excluding carboxylic acids is 2. The summed E-state index contributed by atoms with van der Waals surface area (Å²) < 4.78 is 31.9. The van der Waals surface area contributed by atoms with E-state index in [1.54, 1.807) is 0 Å². The number of carbonyl (C=O) groups is 2. The van der Waals surface area contributed by atoms with Gasteiger partial charge in [-0.25, -0.2) is 13.6 Å². The molecule has 7 heteroatoms. The molecule has 0 aliphatic heterocycles. The lowest BCUT2D eigenvalue weighted by Gasteiger charge is -2.14. The highest BCUT2D eigenvalue weighted by molar-refractivity contribution is 5.97. The van der Waals surface area contributed by atoms with E-state index in [0.29, 0.717) is 5.56 Å². The molecular weight excluding hydrogens is 320 g/mol. The number of nitrogens with one attached hydrogen (secondary N) is 1. The molecule has 5 nitrogen and oxygen atoms in total. The number of hydrogen-bond acceptors (Lipinski definition) is 4. The molecule has 0 saturated carbocycles. The van der Waals surface area contributed by atoms with Crippen LogP contribution in [0, 0.1) is 11.6 Å². The minimum atomic E-state index is -1.26. The van der Waals surface area contributed by atoms with Gasteiger partial charge < -0.3 is 15.2 Å². The Balaban J connectivity index is 2.01. The van der Waals surface area contributed by atoms with Gasteiger partial charge in [0.25, 0.3) is 5.91 Å². The van der Waals surface area contributed by atoms with Gasteiger partial charge in [0.2, 0.25) is 0 Å². The van der Waals surface area contributed by atoms with Crippen molar-refractivity contribution in [3.8, 4) is 0 Å². The van der Waals surface area contributed by atoms with Gasteiger partial charge in [-0.1, -0.05) is 18.2 Å². The third-order valence-corrected chi connectivity index (χ3v) is 3.24. The van der Waals surface area contributed by atoms with Crippen LogP contribution in [0.2, 0.25) is 0 Å². The van der Waals surface area contributed by atoms with E-state index in [-0.39, 0.29) is 12.2 Å². The fraction of sp³-hybridized carbons (Fsp3) is 0.176. The molecule has 0 aliphatic rings. The van der Waals surface area contributed by atoms with Crippen molar-refractivity contribution < 1.29 is 28.2 Å². The topological polar surface area (TPSA) is 75.6 Å². The lowest BCUT2D eigenvalue weighted by Crippen LogP contribution is -2.30. The van der Waals surface area contributed by atoms with Crippen molar-refractivity contribution in [1.82, 2.24) is 0 Å². The Morgan fingerprint density at radius 3 is 2.25 bits per heavy atom. The van der Waals surface area contributed by atoms with Crippen LogP contribution in [0.4, 0.5) is 14.5 Å². The standard InChI is InChI=1S/C17H15F2NO4/c1-10(16(22)20-15-13(18)3-2-4-14(15)19)24-17(23)12-7-5-11(9-21)6-8-12/h2-8,10,21H,9H2,1H3,(H,20,22)/t10-/m0/s1. The molecule has 0 aromatic heterocycles. The first-order chi connectivity index (χ1) is 11.4. The van der Waals surface area contributed by atoms with E-state index in [2.05, 4.69) is 5.32 Å². The molecule has 1 amide bonds. The quantitative estimate of drug-likeness (QED) is 0.824. The van der Waals surface area contributed by atoms with Crippen molar-refractivity contribution in [2.45, 2.75) is 19.6 Å². The monoisotopic (exact) mass is 335 g/mol. The summed E-state index contributed by atoms with van der Waals surface area (Å²) in [5.74, 6) is -3.49. The Labute approximate surface area is 136 Å². The number of amides is 1. The maximum absolute atomic E-state index is 13.5. The van der Waals surface area contributed by atoms with Crippen molar-refractivity contribution in [2.24, 2.45) is 0 Å². The molecule has 0 heterocycles. The van der Waals surface area contributed by atoms with E-state index in [1.807, 2.05) is 0 Å². The minimum absolute atomic E-state index is 0.164. The van der Waals surface area contributed by atoms with Crippen LogP contribution in [0.3, 0.4) is 0 Å². The molecular formula is C17H15F2NO4. The van der Waals surface area contributed by atoms with Crippen LogP contribution >= 0.6 is 0 Å². The summed E-state index contributed by atoms with van der Waals surface area (Å²) in [6, 6.07) is 9.12. The number of halogens is 2. The predicted molar refractivity (Wildman–Crippen MR) is 82.2 cm³/mol. The van der Waals surface area contributed by atoms with E-state index in [1.165, 1.54) is 37.3 Å². The Kier molecular flexibility index (Phi) is 5.59. The molecule has 2 rings (SSSR count). The highest BCUT2D eigenvalue weighted by atomic mass is 19.1. The Hall–Kier alpha value is -2.80. The highest BCUT2D eigenvalue weighted by Crippen LogP contribution is 2.18. The largest absolute Gasteiger partial charge is 0.449 e. The molecule has 0 saturated heterocycles. The van der Waals surface area contributed by atoms with Gasteiger partial charge in [0.15, 0.2) is 6.10 Å². The van der Waals surface area contributed by atoms with Crippen LogP contribution in [0.5, 0.6) is 0 Å².